The highest BCUT2D eigenvalue weighted by Crippen LogP contribution is 2.24. The van der Waals surface area contributed by atoms with Crippen LogP contribution in [0.2, 0.25) is 0 Å². The van der Waals surface area contributed by atoms with Crippen molar-refractivity contribution in [3.63, 3.8) is 0 Å². The van der Waals surface area contributed by atoms with E-state index in [0.717, 1.165) is 11.3 Å². The third-order valence-electron chi connectivity index (χ3n) is 2.15. The van der Waals surface area contributed by atoms with E-state index in [9.17, 15) is 8.42 Å². The SMILES string of the molecule is CON=CC(CC(C)OS(C)(=O)=O)Sc1ccccn1. The molecule has 0 bridgehead atoms. The first-order valence-corrected chi connectivity index (χ1v) is 8.63. The van der Waals surface area contributed by atoms with Crippen LogP contribution in [0.3, 0.4) is 0 Å². The van der Waals surface area contributed by atoms with Crippen LogP contribution < -0.4 is 0 Å². The molecule has 1 rings (SSSR count). The molecule has 0 saturated carbocycles. The second-order valence-electron chi connectivity index (χ2n) is 4.11. The summed E-state index contributed by atoms with van der Waals surface area (Å²) in [5.74, 6) is 0. The van der Waals surface area contributed by atoms with Crippen LogP contribution in [0.1, 0.15) is 13.3 Å². The van der Waals surface area contributed by atoms with E-state index in [1.807, 2.05) is 18.2 Å². The van der Waals surface area contributed by atoms with Crippen molar-refractivity contribution in [2.75, 3.05) is 13.4 Å². The molecule has 0 radical (unpaired) electrons. The Morgan fingerprint density at radius 2 is 2.25 bits per heavy atom. The molecule has 20 heavy (non-hydrogen) atoms. The van der Waals surface area contributed by atoms with Crippen LogP contribution >= 0.6 is 11.8 Å². The van der Waals surface area contributed by atoms with Crippen LogP contribution in [0.4, 0.5) is 0 Å². The summed E-state index contributed by atoms with van der Waals surface area (Å²) >= 11 is 1.47. The Morgan fingerprint density at radius 3 is 2.80 bits per heavy atom. The molecular weight excluding hydrogens is 300 g/mol. The molecule has 0 aliphatic rings. The number of aromatic nitrogens is 1. The Hall–Kier alpha value is -1.12. The van der Waals surface area contributed by atoms with Crippen molar-refractivity contribution in [1.29, 1.82) is 0 Å². The first-order chi connectivity index (χ1) is 9.40. The fourth-order valence-corrected chi connectivity index (χ4v) is 3.25. The van der Waals surface area contributed by atoms with Crippen molar-refractivity contribution >= 4 is 28.1 Å². The van der Waals surface area contributed by atoms with Crippen molar-refractivity contribution < 1.29 is 17.4 Å². The van der Waals surface area contributed by atoms with E-state index in [-0.39, 0.29) is 5.25 Å². The lowest BCUT2D eigenvalue weighted by Crippen LogP contribution is -2.20. The molecule has 0 fully saturated rings. The van der Waals surface area contributed by atoms with Crippen LogP contribution in [-0.4, -0.2) is 44.3 Å². The molecule has 0 aromatic carbocycles. The van der Waals surface area contributed by atoms with Crippen molar-refractivity contribution in [1.82, 2.24) is 4.98 Å². The molecule has 8 heteroatoms. The predicted octanol–water partition coefficient (Wildman–Crippen LogP) is 1.93. The zero-order valence-corrected chi connectivity index (χ0v) is 13.2. The van der Waals surface area contributed by atoms with Crippen molar-refractivity contribution in [3.05, 3.63) is 24.4 Å². The molecule has 2 unspecified atom stereocenters. The van der Waals surface area contributed by atoms with Gasteiger partial charge in [0.15, 0.2) is 0 Å². The maximum atomic E-state index is 11.1. The number of hydrogen-bond donors (Lipinski definition) is 0. The fraction of sp³-hybridized carbons (Fsp3) is 0.500. The average molecular weight is 318 g/mol. The van der Waals surface area contributed by atoms with Crippen LogP contribution in [0.25, 0.3) is 0 Å². The van der Waals surface area contributed by atoms with Gasteiger partial charge in [-0.1, -0.05) is 23.0 Å². The van der Waals surface area contributed by atoms with E-state index in [0.29, 0.717) is 6.42 Å². The van der Waals surface area contributed by atoms with Crippen LogP contribution in [-0.2, 0) is 19.1 Å². The summed E-state index contributed by atoms with van der Waals surface area (Å²) in [6, 6.07) is 5.59. The van der Waals surface area contributed by atoms with Gasteiger partial charge < -0.3 is 4.84 Å². The van der Waals surface area contributed by atoms with Gasteiger partial charge in [0.1, 0.15) is 7.11 Å². The zero-order chi connectivity index (χ0) is 15.0. The predicted molar refractivity (Wildman–Crippen MR) is 79.4 cm³/mol. The minimum Gasteiger partial charge on any atom is -0.399 e. The van der Waals surface area contributed by atoms with Gasteiger partial charge in [0, 0.05) is 6.20 Å². The Balaban J connectivity index is 2.67. The standard InChI is InChI=1S/C12H18N2O4S2/c1-10(18-20(3,15)16)8-11(9-14-17-2)19-12-6-4-5-7-13-12/h4-7,9-11H,8H2,1-3H3. The Bertz CT molecular complexity index is 520. The number of oxime groups is 1. The maximum Gasteiger partial charge on any atom is 0.264 e. The lowest BCUT2D eigenvalue weighted by Gasteiger charge is -2.16. The summed E-state index contributed by atoms with van der Waals surface area (Å²) < 4.78 is 27.1. The summed E-state index contributed by atoms with van der Waals surface area (Å²) in [6.45, 7) is 1.70. The molecule has 1 aromatic rings. The van der Waals surface area contributed by atoms with Gasteiger partial charge in [0.25, 0.3) is 10.1 Å². The number of pyridine rings is 1. The van der Waals surface area contributed by atoms with E-state index in [1.165, 1.54) is 18.9 Å². The molecule has 6 nitrogen and oxygen atoms in total. The van der Waals surface area contributed by atoms with Crippen LogP contribution in [0.15, 0.2) is 34.6 Å². The molecule has 0 saturated heterocycles. The largest absolute Gasteiger partial charge is 0.399 e. The first kappa shape index (κ1) is 16.9. The number of thioether (sulfide) groups is 1. The van der Waals surface area contributed by atoms with Gasteiger partial charge in [-0.3, -0.25) is 4.18 Å². The summed E-state index contributed by atoms with van der Waals surface area (Å²) in [6.07, 6.45) is 4.37. The van der Waals surface area contributed by atoms with Crippen molar-refractivity contribution in [3.8, 4) is 0 Å². The van der Waals surface area contributed by atoms with E-state index in [2.05, 4.69) is 15.0 Å². The van der Waals surface area contributed by atoms with E-state index >= 15 is 0 Å². The van der Waals surface area contributed by atoms with Gasteiger partial charge in [0.05, 0.1) is 28.9 Å². The topological polar surface area (TPSA) is 77.9 Å². The summed E-state index contributed by atoms with van der Waals surface area (Å²) in [5.41, 5.74) is 0. The highest BCUT2D eigenvalue weighted by Gasteiger charge is 2.17. The fourth-order valence-electron chi connectivity index (χ4n) is 1.50. The summed E-state index contributed by atoms with van der Waals surface area (Å²) in [4.78, 5) is 8.88. The smallest absolute Gasteiger partial charge is 0.264 e. The Labute approximate surface area is 123 Å². The van der Waals surface area contributed by atoms with Crippen LogP contribution in [0.5, 0.6) is 0 Å². The summed E-state index contributed by atoms with van der Waals surface area (Å²) in [7, 11) is -2.01. The molecule has 112 valence electrons. The molecule has 1 heterocycles. The normalized spacial score (nSPS) is 15.2. The summed E-state index contributed by atoms with van der Waals surface area (Å²) in [5, 5.41) is 4.47. The van der Waals surface area contributed by atoms with Gasteiger partial charge in [-0.2, -0.15) is 8.42 Å². The van der Waals surface area contributed by atoms with Gasteiger partial charge in [-0.15, -0.1) is 0 Å². The minimum absolute atomic E-state index is 0.0957. The average Bonchev–Trinajstić information content (AvgIpc) is 2.35. The van der Waals surface area contributed by atoms with Crippen molar-refractivity contribution in [2.45, 2.75) is 29.7 Å². The second-order valence-corrected chi connectivity index (χ2v) is 6.97. The highest BCUT2D eigenvalue weighted by atomic mass is 32.2. The van der Waals surface area contributed by atoms with Crippen LogP contribution in [0, 0.1) is 0 Å². The van der Waals surface area contributed by atoms with E-state index in [4.69, 9.17) is 4.18 Å². The molecule has 1 aromatic heterocycles. The van der Waals surface area contributed by atoms with Gasteiger partial charge >= 0.3 is 0 Å². The third kappa shape index (κ3) is 7.46. The monoisotopic (exact) mass is 318 g/mol. The quantitative estimate of drug-likeness (QED) is 0.315. The lowest BCUT2D eigenvalue weighted by molar-refractivity contribution is 0.211. The molecule has 0 amide bonds. The maximum absolute atomic E-state index is 11.1. The zero-order valence-electron chi connectivity index (χ0n) is 11.6. The van der Waals surface area contributed by atoms with Crippen molar-refractivity contribution in [2.24, 2.45) is 5.16 Å². The first-order valence-electron chi connectivity index (χ1n) is 5.93. The molecule has 2 atom stereocenters. The van der Waals surface area contributed by atoms with Gasteiger partial charge in [-0.05, 0) is 25.5 Å². The number of rotatable bonds is 8. The molecule has 0 N–H and O–H groups in total. The number of nitrogens with zero attached hydrogens (tertiary/aromatic N) is 2. The highest BCUT2D eigenvalue weighted by molar-refractivity contribution is 8.00. The molecule has 0 aliphatic carbocycles. The van der Waals surface area contributed by atoms with E-state index < -0.39 is 16.2 Å². The Kier molecular flexibility index (Phi) is 6.97. The van der Waals surface area contributed by atoms with E-state index in [1.54, 1.807) is 19.3 Å². The molecule has 0 spiro atoms. The lowest BCUT2D eigenvalue weighted by atomic mass is 10.2. The van der Waals surface area contributed by atoms with Gasteiger partial charge in [0.2, 0.25) is 0 Å². The second kappa shape index (κ2) is 8.23. The Morgan fingerprint density at radius 1 is 1.50 bits per heavy atom. The molecular formula is C12H18N2O4S2. The third-order valence-corrected chi connectivity index (χ3v) is 3.92. The number of hydrogen-bond acceptors (Lipinski definition) is 7. The van der Waals surface area contributed by atoms with Gasteiger partial charge in [-0.25, -0.2) is 4.98 Å². The minimum atomic E-state index is -3.46. The molecule has 0 aliphatic heterocycles.